The molecule has 2 aromatic carbocycles. The van der Waals surface area contributed by atoms with E-state index >= 15 is 0 Å². The van der Waals surface area contributed by atoms with Crippen LogP contribution in [0.4, 0.5) is 11.6 Å². The summed E-state index contributed by atoms with van der Waals surface area (Å²) in [6.45, 7) is 11.3. The molecule has 34 heavy (non-hydrogen) atoms. The number of benzene rings is 2. The van der Waals surface area contributed by atoms with E-state index in [1.807, 2.05) is 25.1 Å². The van der Waals surface area contributed by atoms with Crippen LogP contribution in [0, 0.1) is 12.8 Å². The minimum Gasteiger partial charge on any atom is -0.359 e. The lowest BCUT2D eigenvalue weighted by atomic mass is 10.0. The number of piperazine rings is 1. The molecule has 2 atom stereocenters. The molecule has 8 nitrogen and oxygen atoms in total. The molecular weight excluding hydrogens is 424 g/mol. The number of aryl methyl sites for hydroxylation is 1. The number of hydrogen-bond acceptors (Lipinski definition) is 7. The molecule has 1 aliphatic heterocycles. The first-order valence-electron chi connectivity index (χ1n) is 12.0. The SMILES string of the molecule is Cc1[nH]nc2ccc(-c3nnc(NC(C)c4ccccc4)c(N4CCN[C@@H](C(C)C)C4)n3)cc12. The molecule has 8 heteroatoms. The molecule has 0 spiro atoms. The summed E-state index contributed by atoms with van der Waals surface area (Å²) in [5, 5.41) is 24.8. The number of hydrogen-bond donors (Lipinski definition) is 3. The van der Waals surface area contributed by atoms with E-state index < -0.39 is 0 Å². The van der Waals surface area contributed by atoms with Gasteiger partial charge in [0.2, 0.25) is 0 Å². The number of fused-ring (bicyclic) bond motifs is 1. The van der Waals surface area contributed by atoms with E-state index in [1.54, 1.807) is 0 Å². The van der Waals surface area contributed by atoms with E-state index in [-0.39, 0.29) is 6.04 Å². The quantitative estimate of drug-likeness (QED) is 0.397. The van der Waals surface area contributed by atoms with Gasteiger partial charge in [0.1, 0.15) is 0 Å². The number of rotatable bonds is 6. The van der Waals surface area contributed by atoms with Gasteiger partial charge in [-0.05, 0) is 43.5 Å². The smallest absolute Gasteiger partial charge is 0.192 e. The first kappa shape index (κ1) is 22.3. The van der Waals surface area contributed by atoms with Gasteiger partial charge >= 0.3 is 0 Å². The van der Waals surface area contributed by atoms with Crippen molar-refractivity contribution in [3.05, 3.63) is 59.8 Å². The molecule has 1 unspecified atom stereocenters. The van der Waals surface area contributed by atoms with Gasteiger partial charge in [-0.3, -0.25) is 5.10 Å². The van der Waals surface area contributed by atoms with Crippen molar-refractivity contribution in [3.8, 4) is 11.4 Å². The highest BCUT2D eigenvalue weighted by atomic mass is 15.3. The molecule has 0 bridgehead atoms. The van der Waals surface area contributed by atoms with Gasteiger partial charge in [0.25, 0.3) is 0 Å². The fourth-order valence-corrected chi connectivity index (χ4v) is 4.48. The van der Waals surface area contributed by atoms with Crippen LogP contribution in [-0.4, -0.2) is 51.1 Å². The number of H-pyrrole nitrogens is 1. The predicted octanol–water partition coefficient (Wildman–Crippen LogP) is 4.33. The first-order chi connectivity index (χ1) is 16.5. The van der Waals surface area contributed by atoms with Crippen LogP contribution in [0.5, 0.6) is 0 Å². The Hall–Kier alpha value is -3.52. The van der Waals surface area contributed by atoms with Crippen molar-refractivity contribution < 1.29 is 0 Å². The predicted molar refractivity (Wildman–Crippen MR) is 137 cm³/mol. The monoisotopic (exact) mass is 456 g/mol. The Labute approximate surface area is 200 Å². The van der Waals surface area contributed by atoms with Crippen molar-refractivity contribution in [2.24, 2.45) is 5.92 Å². The minimum atomic E-state index is 0.0793. The summed E-state index contributed by atoms with van der Waals surface area (Å²) in [6, 6.07) is 17.0. The van der Waals surface area contributed by atoms with Crippen LogP contribution < -0.4 is 15.5 Å². The third-order valence-electron chi connectivity index (χ3n) is 6.63. The Kier molecular flexibility index (Phi) is 6.15. The first-order valence-corrected chi connectivity index (χ1v) is 12.0. The molecule has 3 heterocycles. The highest BCUT2D eigenvalue weighted by Gasteiger charge is 2.26. The second-order valence-corrected chi connectivity index (χ2v) is 9.42. The highest BCUT2D eigenvalue weighted by molar-refractivity contribution is 5.85. The van der Waals surface area contributed by atoms with Crippen molar-refractivity contribution in [1.82, 2.24) is 30.7 Å². The fraction of sp³-hybridized carbons (Fsp3) is 0.385. The molecule has 1 fully saturated rings. The lowest BCUT2D eigenvalue weighted by Gasteiger charge is -2.37. The van der Waals surface area contributed by atoms with E-state index in [0.29, 0.717) is 23.6 Å². The molecule has 3 N–H and O–H groups in total. The Morgan fingerprint density at radius 1 is 1.06 bits per heavy atom. The van der Waals surface area contributed by atoms with Gasteiger partial charge in [-0.2, -0.15) is 5.10 Å². The molecule has 5 rings (SSSR count). The maximum atomic E-state index is 5.06. The second kappa shape index (κ2) is 9.38. The summed E-state index contributed by atoms with van der Waals surface area (Å²) in [6.07, 6.45) is 0. The van der Waals surface area contributed by atoms with E-state index in [4.69, 9.17) is 4.98 Å². The highest BCUT2D eigenvalue weighted by Crippen LogP contribution is 2.30. The maximum Gasteiger partial charge on any atom is 0.192 e. The van der Waals surface area contributed by atoms with Crippen LogP contribution in [0.1, 0.15) is 38.1 Å². The fourth-order valence-electron chi connectivity index (χ4n) is 4.48. The lowest BCUT2D eigenvalue weighted by Crippen LogP contribution is -2.53. The van der Waals surface area contributed by atoms with Crippen LogP contribution in [0.2, 0.25) is 0 Å². The van der Waals surface area contributed by atoms with E-state index in [0.717, 1.165) is 47.6 Å². The average Bonchev–Trinajstić information content (AvgIpc) is 3.24. The van der Waals surface area contributed by atoms with Crippen molar-refractivity contribution in [2.45, 2.75) is 39.8 Å². The Bertz CT molecular complexity index is 1270. The van der Waals surface area contributed by atoms with Gasteiger partial charge < -0.3 is 15.5 Å². The van der Waals surface area contributed by atoms with Gasteiger partial charge in [-0.15, -0.1) is 10.2 Å². The second-order valence-electron chi connectivity index (χ2n) is 9.42. The lowest BCUT2D eigenvalue weighted by molar-refractivity contribution is 0.367. The molecule has 0 aliphatic carbocycles. The van der Waals surface area contributed by atoms with E-state index in [1.165, 1.54) is 5.56 Å². The minimum absolute atomic E-state index is 0.0793. The van der Waals surface area contributed by atoms with Gasteiger partial charge in [-0.25, -0.2) is 4.98 Å². The van der Waals surface area contributed by atoms with Crippen LogP contribution in [0.25, 0.3) is 22.3 Å². The molecule has 1 aliphatic rings. The zero-order valence-corrected chi connectivity index (χ0v) is 20.2. The summed E-state index contributed by atoms with van der Waals surface area (Å²) in [5.41, 5.74) is 4.10. The zero-order chi connectivity index (χ0) is 23.7. The third-order valence-corrected chi connectivity index (χ3v) is 6.63. The van der Waals surface area contributed by atoms with Gasteiger partial charge in [0.05, 0.1) is 11.6 Å². The van der Waals surface area contributed by atoms with Gasteiger partial charge in [-0.1, -0.05) is 44.2 Å². The van der Waals surface area contributed by atoms with Crippen LogP contribution in [-0.2, 0) is 0 Å². The standard InChI is InChI=1S/C26H32N8/c1-16(2)23-15-34(13-12-27-23)26-25(28-17(3)19-8-6-5-7-9-19)33-32-24(29-26)20-10-11-22-21(14-20)18(4)30-31-22/h5-11,14,16-17,23,27H,12-13,15H2,1-4H3,(H,28,33)(H,30,31)/t17?,23-/m1/s1. The van der Waals surface area contributed by atoms with Crippen LogP contribution in [0.15, 0.2) is 48.5 Å². The average molecular weight is 457 g/mol. The number of nitrogens with zero attached hydrogens (tertiary/aromatic N) is 5. The molecule has 0 saturated carbocycles. The molecule has 1 saturated heterocycles. The summed E-state index contributed by atoms with van der Waals surface area (Å²) < 4.78 is 0. The van der Waals surface area contributed by atoms with Crippen molar-refractivity contribution in [1.29, 1.82) is 0 Å². The third kappa shape index (κ3) is 4.46. The number of nitrogens with one attached hydrogen (secondary N) is 3. The molecule has 176 valence electrons. The van der Waals surface area contributed by atoms with E-state index in [9.17, 15) is 0 Å². The number of aromatic amines is 1. The van der Waals surface area contributed by atoms with Gasteiger partial charge in [0, 0.05) is 42.3 Å². The summed E-state index contributed by atoms with van der Waals surface area (Å²) in [7, 11) is 0. The van der Waals surface area contributed by atoms with E-state index in [2.05, 4.69) is 87.0 Å². The normalized spacial score (nSPS) is 17.3. The Balaban J connectivity index is 1.53. The van der Waals surface area contributed by atoms with Crippen LogP contribution >= 0.6 is 0 Å². The maximum absolute atomic E-state index is 5.06. The Morgan fingerprint density at radius 3 is 2.68 bits per heavy atom. The van der Waals surface area contributed by atoms with Crippen molar-refractivity contribution in [3.63, 3.8) is 0 Å². The largest absolute Gasteiger partial charge is 0.359 e. The zero-order valence-electron chi connectivity index (χ0n) is 20.2. The van der Waals surface area contributed by atoms with Crippen molar-refractivity contribution >= 4 is 22.5 Å². The molecular formula is C26H32N8. The Morgan fingerprint density at radius 2 is 1.88 bits per heavy atom. The number of anilines is 2. The van der Waals surface area contributed by atoms with Crippen molar-refractivity contribution in [2.75, 3.05) is 29.9 Å². The molecule has 0 radical (unpaired) electrons. The summed E-state index contributed by atoms with van der Waals surface area (Å²) in [5.74, 6) is 2.72. The molecule has 0 amide bonds. The molecule has 2 aromatic heterocycles. The van der Waals surface area contributed by atoms with Gasteiger partial charge in [0.15, 0.2) is 17.5 Å². The summed E-state index contributed by atoms with van der Waals surface area (Å²) >= 11 is 0. The number of aromatic nitrogens is 5. The summed E-state index contributed by atoms with van der Waals surface area (Å²) in [4.78, 5) is 7.39. The van der Waals surface area contributed by atoms with Crippen LogP contribution in [0.3, 0.4) is 0 Å². The molecule has 4 aromatic rings. The topological polar surface area (TPSA) is 94.6 Å².